The van der Waals surface area contributed by atoms with Crippen LogP contribution in [0, 0.1) is 0 Å². The maximum atomic E-state index is 11.9. The number of pyridine rings is 1. The van der Waals surface area contributed by atoms with Crippen LogP contribution in [0.5, 0.6) is 5.88 Å². The largest absolute Gasteiger partial charge is 0.493 e. The second-order valence-electron chi connectivity index (χ2n) is 4.37. The zero-order valence-electron chi connectivity index (χ0n) is 10.9. The second-order valence-corrected chi connectivity index (χ2v) is 5.66. The molecule has 22 heavy (non-hydrogen) atoms. The Hall–Kier alpha value is -2.25. The molecule has 8 heteroatoms. The zero-order valence-corrected chi connectivity index (χ0v) is 13.3. The van der Waals surface area contributed by atoms with Gasteiger partial charge < -0.3 is 10.1 Å². The lowest BCUT2D eigenvalue weighted by Gasteiger charge is -1.96. The Kier molecular flexibility index (Phi) is 3.91. The smallest absolute Gasteiger partial charge is 0.295 e. The van der Waals surface area contributed by atoms with Gasteiger partial charge in [-0.1, -0.05) is 11.6 Å². The molecular weight excluding hydrogens is 372 g/mol. The summed E-state index contributed by atoms with van der Waals surface area (Å²) in [6.45, 7) is 0. The highest BCUT2D eigenvalue weighted by atomic mass is 79.9. The Morgan fingerprint density at radius 1 is 1.32 bits per heavy atom. The molecule has 0 bridgehead atoms. The lowest BCUT2D eigenvalue weighted by molar-refractivity contribution is 0.0995. The van der Waals surface area contributed by atoms with Crippen molar-refractivity contribution in [3.8, 4) is 5.88 Å². The van der Waals surface area contributed by atoms with Crippen molar-refractivity contribution in [3.63, 3.8) is 0 Å². The number of aromatic nitrogens is 2. The van der Waals surface area contributed by atoms with Crippen LogP contribution in [0.2, 0.25) is 5.02 Å². The lowest BCUT2D eigenvalue weighted by Crippen LogP contribution is -1.92. The first kappa shape index (κ1) is 14.7. The number of H-pyrrole nitrogens is 1. The number of nitrogens with zero attached hydrogens (tertiary/aromatic N) is 3. The van der Waals surface area contributed by atoms with E-state index in [9.17, 15) is 9.90 Å². The molecule has 0 aliphatic heterocycles. The summed E-state index contributed by atoms with van der Waals surface area (Å²) >= 11 is 9.33. The topological polar surface area (TPSA) is 90.7 Å². The number of fused-ring (bicyclic) bond motifs is 1. The minimum Gasteiger partial charge on any atom is -0.493 e. The van der Waals surface area contributed by atoms with E-state index in [4.69, 9.17) is 11.6 Å². The van der Waals surface area contributed by atoms with Gasteiger partial charge >= 0.3 is 0 Å². The van der Waals surface area contributed by atoms with Crippen LogP contribution in [0.15, 0.2) is 51.4 Å². The van der Waals surface area contributed by atoms with Crippen molar-refractivity contribution in [2.75, 3.05) is 0 Å². The molecule has 0 radical (unpaired) electrons. The molecule has 2 aromatic heterocycles. The molecule has 3 aromatic rings. The Labute approximate surface area is 138 Å². The third-order valence-electron chi connectivity index (χ3n) is 2.95. The lowest BCUT2D eigenvalue weighted by atomic mass is 10.2. The number of halogens is 2. The monoisotopic (exact) mass is 378 g/mol. The Morgan fingerprint density at radius 3 is 2.77 bits per heavy atom. The average Bonchev–Trinajstić information content (AvgIpc) is 2.82. The number of carbonyl (C=O) groups excluding carboxylic acids is 1. The highest BCUT2D eigenvalue weighted by Crippen LogP contribution is 2.40. The summed E-state index contributed by atoms with van der Waals surface area (Å²) in [6, 6.07) is 6.37. The van der Waals surface area contributed by atoms with Gasteiger partial charge in [0, 0.05) is 32.8 Å². The average molecular weight is 380 g/mol. The normalized spacial score (nSPS) is 11.4. The van der Waals surface area contributed by atoms with E-state index in [1.807, 2.05) is 0 Å². The Bertz CT molecular complexity index is 893. The van der Waals surface area contributed by atoms with Crippen LogP contribution in [0.4, 0.5) is 5.69 Å². The van der Waals surface area contributed by atoms with Crippen LogP contribution >= 0.6 is 27.5 Å². The Balaban J connectivity index is 2.02. The van der Waals surface area contributed by atoms with E-state index >= 15 is 0 Å². The van der Waals surface area contributed by atoms with Gasteiger partial charge in [-0.2, -0.15) is 0 Å². The van der Waals surface area contributed by atoms with Crippen LogP contribution in [-0.4, -0.2) is 21.0 Å². The summed E-state index contributed by atoms with van der Waals surface area (Å²) < 4.78 is 0.673. The molecule has 0 atom stereocenters. The maximum Gasteiger partial charge on any atom is 0.295 e. The summed E-state index contributed by atoms with van der Waals surface area (Å²) in [5.41, 5.74) is 1.13. The van der Waals surface area contributed by atoms with Gasteiger partial charge in [0.05, 0.1) is 5.52 Å². The van der Waals surface area contributed by atoms with Crippen LogP contribution < -0.4 is 0 Å². The van der Waals surface area contributed by atoms with Crippen LogP contribution in [-0.2, 0) is 0 Å². The van der Waals surface area contributed by atoms with E-state index in [1.165, 1.54) is 24.5 Å². The number of nitrogens with one attached hydrogen (secondary N) is 1. The molecule has 0 saturated carbocycles. The molecule has 0 aliphatic carbocycles. The van der Waals surface area contributed by atoms with E-state index in [0.29, 0.717) is 26.0 Å². The van der Waals surface area contributed by atoms with Crippen molar-refractivity contribution < 1.29 is 9.90 Å². The summed E-state index contributed by atoms with van der Waals surface area (Å²) in [5.74, 6) is -0.721. The number of aromatic hydroxyl groups is 1. The quantitative estimate of drug-likeness (QED) is 0.637. The molecule has 0 spiro atoms. The SMILES string of the molecule is O=C(N=Nc1c(O)[nH]c2c(Br)cc(Cl)cc12)c1ccncc1. The summed E-state index contributed by atoms with van der Waals surface area (Å²) in [4.78, 5) is 18.5. The third kappa shape index (κ3) is 2.72. The van der Waals surface area contributed by atoms with Gasteiger partial charge in [0.15, 0.2) is 5.69 Å². The van der Waals surface area contributed by atoms with Gasteiger partial charge in [-0.25, -0.2) is 0 Å². The number of azo groups is 1. The number of aromatic amines is 1. The van der Waals surface area contributed by atoms with E-state index < -0.39 is 5.91 Å². The summed E-state index contributed by atoms with van der Waals surface area (Å²) in [5, 5.41) is 18.4. The van der Waals surface area contributed by atoms with E-state index in [0.717, 1.165) is 0 Å². The van der Waals surface area contributed by atoms with Crippen molar-refractivity contribution >= 4 is 50.0 Å². The first-order valence-corrected chi connectivity index (χ1v) is 7.29. The van der Waals surface area contributed by atoms with Gasteiger partial charge in [-0.05, 0) is 40.2 Å². The highest BCUT2D eigenvalue weighted by Gasteiger charge is 2.14. The number of benzene rings is 1. The molecule has 2 N–H and O–H groups in total. The number of hydrogen-bond acceptors (Lipinski definition) is 4. The van der Waals surface area contributed by atoms with Crippen molar-refractivity contribution in [1.29, 1.82) is 0 Å². The summed E-state index contributed by atoms with van der Waals surface area (Å²) in [6.07, 6.45) is 2.98. The molecular formula is C14H8BrClN4O2. The maximum absolute atomic E-state index is 11.9. The molecule has 3 rings (SSSR count). The summed E-state index contributed by atoms with van der Waals surface area (Å²) in [7, 11) is 0. The molecule has 0 fully saturated rings. The van der Waals surface area contributed by atoms with Gasteiger partial charge in [0.25, 0.3) is 5.91 Å². The third-order valence-corrected chi connectivity index (χ3v) is 3.79. The zero-order chi connectivity index (χ0) is 15.7. The fourth-order valence-corrected chi connectivity index (χ4v) is 2.85. The van der Waals surface area contributed by atoms with Gasteiger partial charge in [-0.3, -0.25) is 9.78 Å². The first-order chi connectivity index (χ1) is 10.6. The van der Waals surface area contributed by atoms with Gasteiger partial charge in [-0.15, -0.1) is 10.2 Å². The molecule has 0 aliphatic rings. The van der Waals surface area contributed by atoms with Crippen LogP contribution in [0.25, 0.3) is 10.9 Å². The molecule has 0 saturated heterocycles. The van der Waals surface area contributed by atoms with Gasteiger partial charge in [0.1, 0.15) is 0 Å². The van der Waals surface area contributed by atoms with E-state index in [1.54, 1.807) is 12.1 Å². The van der Waals surface area contributed by atoms with Crippen LogP contribution in [0.3, 0.4) is 0 Å². The van der Waals surface area contributed by atoms with Crippen molar-refractivity contribution in [2.24, 2.45) is 10.2 Å². The minimum atomic E-state index is -0.530. The number of carbonyl (C=O) groups is 1. The second kappa shape index (κ2) is 5.86. The fraction of sp³-hybridized carbons (Fsp3) is 0. The molecule has 6 nitrogen and oxygen atoms in total. The first-order valence-electron chi connectivity index (χ1n) is 6.12. The fourth-order valence-electron chi connectivity index (χ4n) is 1.94. The van der Waals surface area contributed by atoms with E-state index in [-0.39, 0.29) is 11.6 Å². The van der Waals surface area contributed by atoms with E-state index in [2.05, 4.69) is 36.1 Å². The number of amides is 1. The molecule has 0 unspecified atom stereocenters. The molecule has 1 aromatic carbocycles. The predicted octanol–water partition coefficient (Wildman–Crippen LogP) is 4.61. The predicted molar refractivity (Wildman–Crippen MR) is 85.8 cm³/mol. The van der Waals surface area contributed by atoms with Gasteiger partial charge in [0.2, 0.25) is 5.88 Å². The van der Waals surface area contributed by atoms with Crippen molar-refractivity contribution in [2.45, 2.75) is 0 Å². The molecule has 110 valence electrons. The van der Waals surface area contributed by atoms with Crippen molar-refractivity contribution in [3.05, 3.63) is 51.7 Å². The molecule has 1 amide bonds. The molecule has 2 heterocycles. The Morgan fingerprint density at radius 2 is 2.05 bits per heavy atom. The highest BCUT2D eigenvalue weighted by molar-refractivity contribution is 9.10. The van der Waals surface area contributed by atoms with Crippen LogP contribution in [0.1, 0.15) is 10.4 Å². The number of hydrogen-bond donors (Lipinski definition) is 2. The minimum absolute atomic E-state index is 0.153. The standard InChI is InChI=1S/C14H8BrClN4O2/c15-10-6-8(16)5-9-11(10)18-14(22)12(9)19-20-13(21)7-1-3-17-4-2-7/h1-6,18,22H. The van der Waals surface area contributed by atoms with Crippen molar-refractivity contribution in [1.82, 2.24) is 9.97 Å². The number of rotatable bonds is 2.